The molecule has 8 heteroatoms. The Kier molecular flexibility index (Phi) is 6.14. The minimum absolute atomic E-state index is 0.0916. The van der Waals surface area contributed by atoms with E-state index in [0.717, 1.165) is 11.6 Å². The number of rotatable bonds is 7. The van der Waals surface area contributed by atoms with Gasteiger partial charge in [-0.2, -0.15) is 16.6 Å². The second-order valence-electron chi connectivity index (χ2n) is 5.65. The topological polar surface area (TPSA) is 82.4 Å². The van der Waals surface area contributed by atoms with Crippen LogP contribution in [0.2, 0.25) is 5.02 Å². The minimum atomic E-state index is -1.63. The van der Waals surface area contributed by atoms with Crippen molar-refractivity contribution in [3.8, 4) is 17.6 Å². The number of ether oxygens (including phenoxy) is 2. The molecule has 28 heavy (non-hydrogen) atoms. The fourth-order valence-electron chi connectivity index (χ4n) is 2.44. The summed E-state index contributed by atoms with van der Waals surface area (Å²) in [6.07, 6.45) is -1.63. The molecule has 0 spiro atoms. The lowest BCUT2D eigenvalue weighted by Gasteiger charge is -2.22. The van der Waals surface area contributed by atoms with Gasteiger partial charge in [-0.25, -0.2) is 4.39 Å². The highest BCUT2D eigenvalue weighted by Gasteiger charge is 2.22. The molecule has 1 atom stereocenters. The maximum Gasteiger partial charge on any atom is 0.165 e. The van der Waals surface area contributed by atoms with Crippen molar-refractivity contribution in [3.63, 3.8) is 0 Å². The SMILES string of the molecule is N#Cc1c(F)cc(OCc2ccsc2)cc1OC(C(=O)[O-])c1ccccc1Cl. The van der Waals surface area contributed by atoms with Gasteiger partial charge >= 0.3 is 0 Å². The Labute approximate surface area is 169 Å². The number of carbonyl (C=O) groups is 1. The van der Waals surface area contributed by atoms with Crippen LogP contribution in [0.5, 0.6) is 11.5 Å². The number of carboxylic acids is 1. The van der Waals surface area contributed by atoms with Crippen molar-refractivity contribution in [2.75, 3.05) is 0 Å². The summed E-state index contributed by atoms with van der Waals surface area (Å²) in [6, 6.07) is 12.0. The summed E-state index contributed by atoms with van der Waals surface area (Å²) in [5.41, 5.74) is 0.570. The van der Waals surface area contributed by atoms with E-state index in [-0.39, 0.29) is 28.7 Å². The van der Waals surface area contributed by atoms with Gasteiger partial charge in [-0.05, 0) is 28.5 Å². The molecule has 142 valence electrons. The molecule has 1 unspecified atom stereocenters. The molecular weight excluding hydrogens is 405 g/mol. The first-order chi connectivity index (χ1) is 13.5. The molecule has 0 saturated heterocycles. The van der Waals surface area contributed by atoms with Crippen LogP contribution in [-0.4, -0.2) is 5.97 Å². The molecule has 1 aromatic heterocycles. The van der Waals surface area contributed by atoms with E-state index in [4.69, 9.17) is 21.1 Å². The van der Waals surface area contributed by atoms with Gasteiger partial charge in [-0.15, -0.1) is 0 Å². The molecule has 0 N–H and O–H groups in total. The third-order valence-corrected chi connectivity index (χ3v) is 4.85. The van der Waals surface area contributed by atoms with Crippen LogP contribution >= 0.6 is 22.9 Å². The number of benzene rings is 2. The quantitative estimate of drug-likeness (QED) is 0.584. The van der Waals surface area contributed by atoms with Crippen molar-refractivity contribution in [2.24, 2.45) is 0 Å². The maximum atomic E-state index is 14.3. The van der Waals surface area contributed by atoms with Crippen molar-refractivity contribution in [2.45, 2.75) is 12.7 Å². The first-order valence-electron chi connectivity index (χ1n) is 7.99. The van der Waals surface area contributed by atoms with E-state index in [1.165, 1.54) is 29.5 Å². The monoisotopic (exact) mass is 416 g/mol. The third kappa shape index (κ3) is 4.42. The fourth-order valence-corrected chi connectivity index (χ4v) is 3.33. The lowest BCUT2D eigenvalue weighted by Crippen LogP contribution is -2.33. The first-order valence-corrected chi connectivity index (χ1v) is 9.31. The van der Waals surface area contributed by atoms with E-state index in [0.29, 0.717) is 0 Å². The number of halogens is 2. The second-order valence-corrected chi connectivity index (χ2v) is 6.84. The molecule has 0 aliphatic rings. The third-order valence-electron chi connectivity index (χ3n) is 3.77. The summed E-state index contributed by atoms with van der Waals surface area (Å²) in [7, 11) is 0. The molecule has 3 aromatic rings. The molecule has 0 radical (unpaired) electrons. The van der Waals surface area contributed by atoms with Crippen LogP contribution in [-0.2, 0) is 11.4 Å². The van der Waals surface area contributed by atoms with Crippen molar-refractivity contribution in [1.82, 2.24) is 0 Å². The fraction of sp³-hybridized carbons (Fsp3) is 0.100. The summed E-state index contributed by atoms with van der Waals surface area (Å²) in [5, 5.41) is 24.7. The van der Waals surface area contributed by atoms with Gasteiger partial charge in [0.2, 0.25) is 0 Å². The molecular formula is C20H12ClFNO4S-. The Balaban J connectivity index is 1.93. The molecule has 1 heterocycles. The van der Waals surface area contributed by atoms with Gasteiger partial charge in [0, 0.05) is 22.7 Å². The normalized spacial score (nSPS) is 11.5. The molecule has 5 nitrogen and oxygen atoms in total. The number of hydrogen-bond acceptors (Lipinski definition) is 6. The van der Waals surface area contributed by atoms with Gasteiger partial charge < -0.3 is 19.4 Å². The first kappa shape index (κ1) is 19.7. The number of thiophene rings is 1. The Morgan fingerprint density at radius 3 is 2.75 bits per heavy atom. The smallest absolute Gasteiger partial charge is 0.165 e. The predicted molar refractivity (Wildman–Crippen MR) is 99.6 cm³/mol. The summed E-state index contributed by atoms with van der Waals surface area (Å²) in [4.78, 5) is 11.6. The zero-order valence-electron chi connectivity index (χ0n) is 14.2. The number of carboxylic acid groups (broad SMARTS) is 1. The molecule has 0 amide bonds. The van der Waals surface area contributed by atoms with E-state index in [2.05, 4.69) is 0 Å². The molecule has 0 aliphatic carbocycles. The van der Waals surface area contributed by atoms with Crippen LogP contribution < -0.4 is 14.6 Å². The van der Waals surface area contributed by atoms with E-state index >= 15 is 0 Å². The minimum Gasteiger partial charge on any atom is -0.546 e. The second kappa shape index (κ2) is 8.74. The Morgan fingerprint density at radius 1 is 1.32 bits per heavy atom. The summed E-state index contributed by atoms with van der Waals surface area (Å²) in [6.45, 7) is 0.183. The average Bonchev–Trinajstić information content (AvgIpc) is 3.18. The number of nitriles is 1. The highest BCUT2D eigenvalue weighted by Crippen LogP contribution is 2.33. The summed E-state index contributed by atoms with van der Waals surface area (Å²) in [5.74, 6) is -2.66. The molecule has 2 aromatic carbocycles. The zero-order valence-corrected chi connectivity index (χ0v) is 15.8. The van der Waals surface area contributed by atoms with Crippen LogP contribution in [0.1, 0.15) is 22.8 Å². The number of nitrogens with zero attached hydrogens (tertiary/aromatic N) is 1. The van der Waals surface area contributed by atoms with E-state index in [9.17, 15) is 19.6 Å². The Bertz CT molecular complexity index is 1030. The lowest BCUT2D eigenvalue weighted by molar-refractivity contribution is -0.314. The van der Waals surface area contributed by atoms with Gasteiger partial charge in [0.25, 0.3) is 0 Å². The largest absolute Gasteiger partial charge is 0.546 e. The Morgan fingerprint density at radius 2 is 2.11 bits per heavy atom. The molecule has 3 rings (SSSR count). The lowest BCUT2D eigenvalue weighted by atomic mass is 10.1. The predicted octanol–water partition coefficient (Wildman–Crippen LogP) is 3.86. The van der Waals surface area contributed by atoms with Crippen LogP contribution in [0.25, 0.3) is 0 Å². The molecule has 0 aliphatic heterocycles. The molecule has 0 saturated carbocycles. The van der Waals surface area contributed by atoms with Gasteiger partial charge in [-0.3, -0.25) is 0 Å². The van der Waals surface area contributed by atoms with Crippen molar-refractivity contribution in [3.05, 3.63) is 80.8 Å². The maximum absolute atomic E-state index is 14.3. The average molecular weight is 417 g/mol. The summed E-state index contributed by atoms with van der Waals surface area (Å²) < 4.78 is 25.3. The van der Waals surface area contributed by atoms with Gasteiger partial charge in [0.15, 0.2) is 6.10 Å². The van der Waals surface area contributed by atoms with Gasteiger partial charge in [-0.1, -0.05) is 29.8 Å². The van der Waals surface area contributed by atoms with Gasteiger partial charge in [0.05, 0.1) is 5.97 Å². The van der Waals surface area contributed by atoms with Crippen molar-refractivity contribution in [1.29, 1.82) is 5.26 Å². The van der Waals surface area contributed by atoms with E-state index in [1.807, 2.05) is 16.8 Å². The van der Waals surface area contributed by atoms with Crippen molar-refractivity contribution < 1.29 is 23.8 Å². The van der Waals surface area contributed by atoms with Crippen LogP contribution in [0.15, 0.2) is 53.2 Å². The van der Waals surface area contributed by atoms with Gasteiger partial charge in [0.1, 0.15) is 35.6 Å². The highest BCUT2D eigenvalue weighted by atomic mass is 35.5. The zero-order chi connectivity index (χ0) is 20.1. The highest BCUT2D eigenvalue weighted by molar-refractivity contribution is 7.07. The number of hydrogen-bond donors (Lipinski definition) is 0. The Hall–Kier alpha value is -3.08. The summed E-state index contributed by atoms with van der Waals surface area (Å²) >= 11 is 7.53. The molecule has 0 bridgehead atoms. The number of aliphatic carboxylic acids is 1. The molecule has 0 fully saturated rings. The number of carbonyl (C=O) groups excluding carboxylic acids is 1. The van der Waals surface area contributed by atoms with Crippen LogP contribution in [0, 0.1) is 17.1 Å². The van der Waals surface area contributed by atoms with E-state index < -0.39 is 23.5 Å². The standard InChI is InChI=1S/C20H13ClFNO4S/c21-16-4-2-1-3-14(16)19(20(24)25)27-18-8-13(7-17(22)15(18)9-23)26-10-12-5-6-28-11-12/h1-8,11,19H,10H2,(H,24,25)/p-1. The van der Waals surface area contributed by atoms with E-state index in [1.54, 1.807) is 18.2 Å². The van der Waals surface area contributed by atoms with Crippen LogP contribution in [0.3, 0.4) is 0 Å². The van der Waals surface area contributed by atoms with Crippen LogP contribution in [0.4, 0.5) is 4.39 Å². The van der Waals surface area contributed by atoms with Crippen molar-refractivity contribution >= 4 is 28.9 Å².